The standard InChI is InChI=1S/C13H14ClN3/c14-11-3-1-9(2-4-11)13-16-8-12(17-13)10-5-6-15-7-10/h1-4,8,10,15H,5-7H2,(H,16,17). The average molecular weight is 248 g/mol. The van der Waals surface area contributed by atoms with Gasteiger partial charge in [-0.25, -0.2) is 4.98 Å². The molecule has 4 heteroatoms. The molecule has 1 fully saturated rings. The Labute approximate surface area is 105 Å². The molecule has 0 aliphatic carbocycles. The third kappa shape index (κ3) is 2.21. The first-order valence-corrected chi connectivity index (χ1v) is 6.22. The quantitative estimate of drug-likeness (QED) is 0.857. The molecule has 1 unspecified atom stereocenters. The second-order valence-electron chi connectivity index (χ2n) is 4.38. The van der Waals surface area contributed by atoms with Crippen LogP contribution in [0.1, 0.15) is 18.0 Å². The van der Waals surface area contributed by atoms with E-state index in [1.165, 1.54) is 12.1 Å². The van der Waals surface area contributed by atoms with Crippen molar-refractivity contribution in [1.82, 2.24) is 15.3 Å². The van der Waals surface area contributed by atoms with Gasteiger partial charge in [0.15, 0.2) is 0 Å². The molecular formula is C13H14ClN3. The van der Waals surface area contributed by atoms with E-state index in [-0.39, 0.29) is 0 Å². The van der Waals surface area contributed by atoms with Crippen molar-refractivity contribution in [3.05, 3.63) is 41.2 Å². The van der Waals surface area contributed by atoms with Crippen molar-refractivity contribution < 1.29 is 0 Å². The Morgan fingerprint density at radius 1 is 1.24 bits per heavy atom. The third-order valence-electron chi connectivity index (χ3n) is 3.21. The van der Waals surface area contributed by atoms with Crippen molar-refractivity contribution in [3.8, 4) is 11.4 Å². The van der Waals surface area contributed by atoms with Gasteiger partial charge >= 0.3 is 0 Å². The number of aromatic amines is 1. The first-order chi connectivity index (χ1) is 8.33. The van der Waals surface area contributed by atoms with Crippen molar-refractivity contribution >= 4 is 11.6 Å². The monoisotopic (exact) mass is 247 g/mol. The van der Waals surface area contributed by atoms with Crippen molar-refractivity contribution in [2.24, 2.45) is 0 Å². The fraction of sp³-hybridized carbons (Fsp3) is 0.308. The number of nitrogens with one attached hydrogen (secondary N) is 2. The van der Waals surface area contributed by atoms with Crippen LogP contribution >= 0.6 is 11.6 Å². The van der Waals surface area contributed by atoms with Crippen molar-refractivity contribution in [1.29, 1.82) is 0 Å². The topological polar surface area (TPSA) is 40.7 Å². The molecule has 17 heavy (non-hydrogen) atoms. The van der Waals surface area contributed by atoms with E-state index >= 15 is 0 Å². The number of hydrogen-bond donors (Lipinski definition) is 2. The molecule has 2 aromatic rings. The molecule has 0 saturated carbocycles. The van der Waals surface area contributed by atoms with E-state index in [9.17, 15) is 0 Å². The molecule has 2 N–H and O–H groups in total. The number of halogens is 1. The van der Waals surface area contributed by atoms with Gasteiger partial charge in [-0.2, -0.15) is 0 Å². The summed E-state index contributed by atoms with van der Waals surface area (Å²) in [5, 5.41) is 4.11. The van der Waals surface area contributed by atoms with Gasteiger partial charge in [0.1, 0.15) is 5.82 Å². The molecule has 1 saturated heterocycles. The summed E-state index contributed by atoms with van der Waals surface area (Å²) in [6, 6.07) is 7.74. The lowest BCUT2D eigenvalue weighted by atomic mass is 10.1. The summed E-state index contributed by atoms with van der Waals surface area (Å²) in [4.78, 5) is 7.83. The van der Waals surface area contributed by atoms with Crippen molar-refractivity contribution in [3.63, 3.8) is 0 Å². The molecule has 0 bridgehead atoms. The van der Waals surface area contributed by atoms with Crippen LogP contribution < -0.4 is 5.32 Å². The van der Waals surface area contributed by atoms with Crippen LogP contribution in [0.3, 0.4) is 0 Å². The van der Waals surface area contributed by atoms with Crippen LogP contribution in [-0.4, -0.2) is 23.1 Å². The number of aromatic nitrogens is 2. The van der Waals surface area contributed by atoms with Crippen LogP contribution in [0, 0.1) is 0 Å². The SMILES string of the molecule is Clc1ccc(-c2ncc(C3CCNC3)[nH]2)cc1. The largest absolute Gasteiger partial charge is 0.342 e. The van der Waals surface area contributed by atoms with Crippen molar-refractivity contribution in [2.45, 2.75) is 12.3 Å². The van der Waals surface area contributed by atoms with Gasteiger partial charge in [0, 0.05) is 34.9 Å². The molecule has 1 aromatic carbocycles. The molecular weight excluding hydrogens is 234 g/mol. The molecule has 1 aliphatic rings. The van der Waals surface area contributed by atoms with Gasteiger partial charge in [0.2, 0.25) is 0 Å². The van der Waals surface area contributed by atoms with Crippen LogP contribution in [-0.2, 0) is 0 Å². The van der Waals surface area contributed by atoms with Gasteiger partial charge in [-0.05, 0) is 37.2 Å². The van der Waals surface area contributed by atoms with Crippen LogP contribution in [0.15, 0.2) is 30.5 Å². The van der Waals surface area contributed by atoms with E-state index in [0.29, 0.717) is 5.92 Å². The molecule has 88 valence electrons. The zero-order valence-electron chi connectivity index (χ0n) is 9.41. The van der Waals surface area contributed by atoms with Gasteiger partial charge in [-0.3, -0.25) is 0 Å². The molecule has 0 radical (unpaired) electrons. The Morgan fingerprint density at radius 2 is 2.06 bits per heavy atom. The van der Waals surface area contributed by atoms with Gasteiger partial charge < -0.3 is 10.3 Å². The minimum Gasteiger partial charge on any atom is -0.342 e. The van der Waals surface area contributed by atoms with E-state index in [1.807, 2.05) is 30.5 Å². The molecule has 1 atom stereocenters. The normalized spacial score (nSPS) is 19.7. The minimum atomic E-state index is 0.573. The van der Waals surface area contributed by atoms with Gasteiger partial charge in [-0.15, -0.1) is 0 Å². The van der Waals surface area contributed by atoms with E-state index in [2.05, 4.69) is 15.3 Å². The number of H-pyrrole nitrogens is 1. The number of nitrogens with zero attached hydrogens (tertiary/aromatic N) is 1. The Bertz CT molecular complexity index is 498. The van der Waals surface area contributed by atoms with E-state index in [4.69, 9.17) is 11.6 Å². The minimum absolute atomic E-state index is 0.573. The molecule has 0 spiro atoms. The van der Waals surface area contributed by atoms with Gasteiger partial charge in [-0.1, -0.05) is 11.6 Å². The highest BCUT2D eigenvalue weighted by molar-refractivity contribution is 6.30. The fourth-order valence-electron chi connectivity index (χ4n) is 2.22. The molecule has 3 nitrogen and oxygen atoms in total. The molecule has 2 heterocycles. The van der Waals surface area contributed by atoms with Crippen molar-refractivity contribution in [2.75, 3.05) is 13.1 Å². The van der Waals surface area contributed by atoms with Crippen LogP contribution in [0.2, 0.25) is 5.02 Å². The fourth-order valence-corrected chi connectivity index (χ4v) is 2.34. The first kappa shape index (κ1) is 10.8. The molecule has 0 amide bonds. The number of imidazole rings is 1. The lowest BCUT2D eigenvalue weighted by molar-refractivity contribution is 0.741. The van der Waals surface area contributed by atoms with E-state index in [0.717, 1.165) is 29.5 Å². The summed E-state index contributed by atoms with van der Waals surface area (Å²) in [6.45, 7) is 2.14. The maximum absolute atomic E-state index is 5.87. The average Bonchev–Trinajstić information content (AvgIpc) is 3.00. The number of rotatable bonds is 2. The number of hydrogen-bond acceptors (Lipinski definition) is 2. The Hall–Kier alpha value is -1.32. The zero-order valence-corrected chi connectivity index (χ0v) is 10.2. The van der Waals surface area contributed by atoms with E-state index in [1.54, 1.807) is 0 Å². The summed E-state index contributed by atoms with van der Waals surface area (Å²) < 4.78 is 0. The highest BCUT2D eigenvalue weighted by Crippen LogP contribution is 2.24. The van der Waals surface area contributed by atoms with Crippen LogP contribution in [0.5, 0.6) is 0 Å². The molecule has 1 aliphatic heterocycles. The maximum atomic E-state index is 5.87. The Kier molecular flexibility index (Phi) is 2.87. The van der Waals surface area contributed by atoms with E-state index < -0.39 is 0 Å². The predicted molar refractivity (Wildman–Crippen MR) is 69.3 cm³/mol. The summed E-state index contributed by atoms with van der Waals surface area (Å²) in [6.07, 6.45) is 3.13. The third-order valence-corrected chi connectivity index (χ3v) is 3.47. The first-order valence-electron chi connectivity index (χ1n) is 5.84. The smallest absolute Gasteiger partial charge is 0.137 e. The number of benzene rings is 1. The lowest BCUT2D eigenvalue weighted by Gasteiger charge is -2.03. The highest BCUT2D eigenvalue weighted by Gasteiger charge is 2.18. The molecule has 3 rings (SSSR count). The predicted octanol–water partition coefficient (Wildman–Crippen LogP) is 2.81. The second-order valence-corrected chi connectivity index (χ2v) is 4.82. The van der Waals surface area contributed by atoms with Gasteiger partial charge in [0.05, 0.1) is 0 Å². The summed E-state index contributed by atoms with van der Waals surface area (Å²) in [7, 11) is 0. The lowest BCUT2D eigenvalue weighted by Crippen LogP contribution is -2.08. The van der Waals surface area contributed by atoms with Gasteiger partial charge in [0.25, 0.3) is 0 Å². The Balaban J connectivity index is 1.86. The summed E-state index contributed by atoms with van der Waals surface area (Å²) in [5.41, 5.74) is 2.30. The Morgan fingerprint density at radius 3 is 2.76 bits per heavy atom. The maximum Gasteiger partial charge on any atom is 0.137 e. The summed E-state index contributed by atoms with van der Waals surface area (Å²) >= 11 is 5.87. The highest BCUT2D eigenvalue weighted by atomic mass is 35.5. The van der Waals surface area contributed by atoms with Crippen LogP contribution in [0.25, 0.3) is 11.4 Å². The second kappa shape index (κ2) is 4.51. The summed E-state index contributed by atoms with van der Waals surface area (Å²) in [5.74, 6) is 1.49. The van der Waals surface area contributed by atoms with Crippen LogP contribution in [0.4, 0.5) is 0 Å². The molecule has 1 aromatic heterocycles. The zero-order chi connectivity index (χ0) is 11.7.